The van der Waals surface area contributed by atoms with E-state index in [4.69, 9.17) is 9.47 Å². The maximum absolute atomic E-state index is 12.8. The summed E-state index contributed by atoms with van der Waals surface area (Å²) in [5, 5.41) is 3.12. The number of aromatic nitrogens is 1. The molecule has 1 aromatic heterocycles. The second kappa shape index (κ2) is 11.5. The Bertz CT molecular complexity index is 1140. The van der Waals surface area contributed by atoms with Crippen molar-refractivity contribution >= 4 is 29.0 Å². The summed E-state index contributed by atoms with van der Waals surface area (Å²) in [5.41, 5.74) is 3.27. The summed E-state index contributed by atoms with van der Waals surface area (Å²) in [6.45, 7) is 6.07. The van der Waals surface area contributed by atoms with Crippen LogP contribution in [-0.2, 0) is 11.2 Å². The number of ether oxygens (including phenoxy) is 2. The van der Waals surface area contributed by atoms with Crippen LogP contribution in [-0.4, -0.2) is 67.5 Å². The van der Waals surface area contributed by atoms with Gasteiger partial charge in [0.25, 0.3) is 0 Å². The van der Waals surface area contributed by atoms with Gasteiger partial charge in [-0.25, -0.2) is 0 Å². The Labute approximate surface area is 210 Å². The van der Waals surface area contributed by atoms with Crippen LogP contribution in [0.2, 0.25) is 0 Å². The van der Waals surface area contributed by atoms with Crippen LogP contribution in [0.5, 0.6) is 11.5 Å². The topological polar surface area (TPSA) is 66.9 Å². The Morgan fingerprint density at radius 3 is 2.54 bits per heavy atom. The number of carbonyl (C=O) groups is 1. The van der Waals surface area contributed by atoms with E-state index in [0.717, 1.165) is 66.9 Å². The van der Waals surface area contributed by atoms with Crippen LogP contribution in [0.1, 0.15) is 5.56 Å². The minimum absolute atomic E-state index is 0.0201. The normalized spacial score (nSPS) is 15.6. The van der Waals surface area contributed by atoms with Crippen molar-refractivity contribution in [2.24, 2.45) is 0 Å². The maximum atomic E-state index is 12.8. The molecule has 0 spiro atoms. The number of hydrogen-bond acceptors (Lipinski definition) is 7. The molecular formula is C27H30N4O3S. The van der Waals surface area contributed by atoms with Crippen molar-refractivity contribution in [2.75, 3.05) is 61.9 Å². The molecule has 3 aromatic rings. The van der Waals surface area contributed by atoms with Crippen molar-refractivity contribution < 1.29 is 14.3 Å². The Kier molecular flexibility index (Phi) is 7.70. The van der Waals surface area contributed by atoms with E-state index in [9.17, 15) is 4.79 Å². The molecule has 1 saturated heterocycles. The van der Waals surface area contributed by atoms with E-state index in [2.05, 4.69) is 38.3 Å². The molecule has 8 heteroatoms. The van der Waals surface area contributed by atoms with Crippen LogP contribution >= 0.6 is 11.8 Å². The van der Waals surface area contributed by atoms with Gasteiger partial charge < -0.3 is 19.7 Å². The first-order valence-electron chi connectivity index (χ1n) is 12.0. The molecule has 5 rings (SSSR count). The van der Waals surface area contributed by atoms with E-state index in [1.54, 1.807) is 0 Å². The van der Waals surface area contributed by atoms with E-state index in [1.807, 2.05) is 48.8 Å². The lowest BCUT2D eigenvalue weighted by atomic mass is 10.1. The molecule has 0 aliphatic carbocycles. The number of pyridine rings is 1. The first-order valence-corrected chi connectivity index (χ1v) is 13.0. The lowest BCUT2D eigenvalue weighted by molar-refractivity contribution is -0.113. The largest absolute Gasteiger partial charge is 0.486 e. The average Bonchev–Trinajstić information content (AvgIpc) is 2.92. The van der Waals surface area contributed by atoms with E-state index >= 15 is 0 Å². The van der Waals surface area contributed by atoms with Gasteiger partial charge in [-0.1, -0.05) is 12.1 Å². The molecule has 3 heterocycles. The monoisotopic (exact) mass is 490 g/mol. The second-order valence-electron chi connectivity index (χ2n) is 8.59. The molecule has 0 saturated carbocycles. The number of para-hydroxylation sites is 2. The minimum atomic E-state index is -0.0201. The minimum Gasteiger partial charge on any atom is -0.486 e. The summed E-state index contributed by atoms with van der Waals surface area (Å²) < 4.78 is 11.2. The number of rotatable bonds is 8. The standard InChI is InChI=1S/C27H30N4O3S/c32-27(20-35-22-5-6-25-26(19-22)34-18-17-33-25)29-23-3-1-2-4-24(23)31-15-13-30(14-16-31)12-9-21-7-10-28-11-8-21/h1-8,10-11,19H,9,12-18,20H2,(H,29,32). The van der Waals surface area contributed by atoms with Gasteiger partial charge in [-0.3, -0.25) is 14.7 Å². The lowest BCUT2D eigenvalue weighted by Crippen LogP contribution is -2.47. The van der Waals surface area contributed by atoms with Gasteiger partial charge in [0.15, 0.2) is 11.5 Å². The van der Waals surface area contributed by atoms with Crippen molar-refractivity contribution in [3.8, 4) is 11.5 Å². The van der Waals surface area contributed by atoms with Crippen LogP contribution in [0.4, 0.5) is 11.4 Å². The molecule has 2 aliphatic heterocycles. The number of carbonyl (C=O) groups excluding carboxylic acids is 1. The highest BCUT2D eigenvalue weighted by Crippen LogP contribution is 2.34. The number of benzene rings is 2. The van der Waals surface area contributed by atoms with Crippen LogP contribution < -0.4 is 19.7 Å². The number of hydrogen-bond donors (Lipinski definition) is 1. The van der Waals surface area contributed by atoms with Gasteiger partial charge in [-0.05, 0) is 54.4 Å². The molecule has 0 radical (unpaired) electrons. The zero-order valence-corrected chi connectivity index (χ0v) is 20.5. The van der Waals surface area contributed by atoms with Crippen molar-refractivity contribution in [1.82, 2.24) is 9.88 Å². The summed E-state index contributed by atoms with van der Waals surface area (Å²) in [6, 6.07) is 18.1. The van der Waals surface area contributed by atoms with Crippen molar-refractivity contribution in [1.29, 1.82) is 0 Å². The van der Waals surface area contributed by atoms with Crippen molar-refractivity contribution in [3.05, 3.63) is 72.6 Å². The fourth-order valence-corrected chi connectivity index (χ4v) is 5.08. The van der Waals surface area contributed by atoms with Gasteiger partial charge in [0.1, 0.15) is 13.2 Å². The number of anilines is 2. The Balaban J connectivity index is 1.12. The van der Waals surface area contributed by atoms with Gasteiger partial charge in [-0.15, -0.1) is 11.8 Å². The highest BCUT2D eigenvalue weighted by molar-refractivity contribution is 8.00. The molecule has 182 valence electrons. The quantitative estimate of drug-likeness (QED) is 0.480. The molecule has 1 N–H and O–H groups in total. The number of fused-ring (bicyclic) bond motifs is 1. The number of thioether (sulfide) groups is 1. The van der Waals surface area contributed by atoms with Gasteiger partial charge in [0.05, 0.1) is 17.1 Å². The number of piperazine rings is 1. The third-order valence-electron chi connectivity index (χ3n) is 6.24. The molecule has 7 nitrogen and oxygen atoms in total. The third-order valence-corrected chi connectivity index (χ3v) is 7.23. The molecular weight excluding hydrogens is 460 g/mol. The Morgan fingerprint density at radius 2 is 1.71 bits per heavy atom. The fourth-order valence-electron chi connectivity index (χ4n) is 4.35. The third kappa shape index (κ3) is 6.26. The van der Waals surface area contributed by atoms with E-state index in [-0.39, 0.29) is 5.91 Å². The van der Waals surface area contributed by atoms with Gasteiger partial charge >= 0.3 is 0 Å². The Morgan fingerprint density at radius 1 is 0.943 bits per heavy atom. The highest BCUT2D eigenvalue weighted by atomic mass is 32.2. The molecule has 1 fully saturated rings. The first-order chi connectivity index (χ1) is 17.2. The second-order valence-corrected chi connectivity index (χ2v) is 9.64. The van der Waals surface area contributed by atoms with Crippen LogP contribution in [0.15, 0.2) is 71.9 Å². The molecule has 0 bridgehead atoms. The van der Waals surface area contributed by atoms with Gasteiger partial charge in [-0.2, -0.15) is 0 Å². The van der Waals surface area contributed by atoms with Crippen molar-refractivity contribution in [3.63, 3.8) is 0 Å². The molecule has 0 unspecified atom stereocenters. The molecule has 35 heavy (non-hydrogen) atoms. The molecule has 1 amide bonds. The molecule has 2 aliphatic rings. The predicted octanol–water partition coefficient (Wildman–Crippen LogP) is 3.95. The van der Waals surface area contributed by atoms with Gasteiger partial charge in [0, 0.05) is 50.0 Å². The zero-order chi connectivity index (χ0) is 23.9. The van der Waals surface area contributed by atoms with Crippen molar-refractivity contribution in [2.45, 2.75) is 11.3 Å². The summed E-state index contributed by atoms with van der Waals surface area (Å²) in [7, 11) is 0. The summed E-state index contributed by atoms with van der Waals surface area (Å²) >= 11 is 1.49. The smallest absolute Gasteiger partial charge is 0.234 e. The van der Waals surface area contributed by atoms with E-state index < -0.39 is 0 Å². The fraction of sp³-hybridized carbons (Fsp3) is 0.333. The zero-order valence-electron chi connectivity index (χ0n) is 19.7. The summed E-state index contributed by atoms with van der Waals surface area (Å²) in [5.74, 6) is 1.81. The van der Waals surface area contributed by atoms with E-state index in [0.29, 0.717) is 19.0 Å². The molecule has 2 aromatic carbocycles. The average molecular weight is 491 g/mol. The van der Waals surface area contributed by atoms with Gasteiger partial charge in [0.2, 0.25) is 5.91 Å². The Hall–Kier alpha value is -3.23. The van der Waals surface area contributed by atoms with Crippen LogP contribution in [0, 0.1) is 0 Å². The predicted molar refractivity (Wildman–Crippen MR) is 140 cm³/mol. The summed E-state index contributed by atoms with van der Waals surface area (Å²) in [6.07, 6.45) is 4.75. The van der Waals surface area contributed by atoms with Crippen LogP contribution in [0.25, 0.3) is 0 Å². The van der Waals surface area contributed by atoms with E-state index in [1.165, 1.54) is 17.3 Å². The molecule has 0 atom stereocenters. The summed E-state index contributed by atoms with van der Waals surface area (Å²) in [4.78, 5) is 22.7. The number of nitrogens with one attached hydrogen (secondary N) is 1. The lowest BCUT2D eigenvalue weighted by Gasteiger charge is -2.37. The van der Waals surface area contributed by atoms with Crippen LogP contribution in [0.3, 0.4) is 0 Å². The SMILES string of the molecule is O=C(CSc1ccc2c(c1)OCCO2)Nc1ccccc1N1CCN(CCc2ccncc2)CC1. The number of amides is 1. The number of nitrogens with zero attached hydrogens (tertiary/aromatic N) is 3. The maximum Gasteiger partial charge on any atom is 0.234 e. The highest BCUT2D eigenvalue weighted by Gasteiger charge is 2.20. The first kappa shape index (κ1) is 23.5.